The van der Waals surface area contributed by atoms with Crippen LogP contribution in [0.3, 0.4) is 0 Å². The van der Waals surface area contributed by atoms with Gasteiger partial charge in [-0.3, -0.25) is 0 Å². The lowest BCUT2D eigenvalue weighted by Crippen LogP contribution is -2.08. The number of hydrogen-bond acceptors (Lipinski definition) is 5. The first-order valence-electron chi connectivity index (χ1n) is 5.60. The smallest absolute Gasteiger partial charge is 0.131 e. The molecule has 16 heavy (non-hydrogen) atoms. The molecule has 1 unspecified atom stereocenters. The zero-order chi connectivity index (χ0) is 11.8. The van der Waals surface area contributed by atoms with Crippen LogP contribution in [0.4, 0.5) is 11.6 Å². The van der Waals surface area contributed by atoms with Crippen LogP contribution in [0.5, 0.6) is 0 Å². The van der Waals surface area contributed by atoms with Gasteiger partial charge in [0.2, 0.25) is 0 Å². The van der Waals surface area contributed by atoms with Crippen molar-refractivity contribution < 1.29 is 5.11 Å². The van der Waals surface area contributed by atoms with Crippen molar-refractivity contribution in [2.75, 3.05) is 30.8 Å². The Morgan fingerprint density at radius 1 is 1.38 bits per heavy atom. The molecule has 90 valence electrons. The molecule has 0 aliphatic heterocycles. The molecule has 3 N–H and O–H groups in total. The van der Waals surface area contributed by atoms with Crippen molar-refractivity contribution in [1.82, 2.24) is 9.97 Å². The van der Waals surface area contributed by atoms with Gasteiger partial charge in [0.25, 0.3) is 0 Å². The topological polar surface area (TPSA) is 70.1 Å². The third-order valence-corrected chi connectivity index (χ3v) is 2.41. The second kappa shape index (κ2) is 7.00. The summed E-state index contributed by atoms with van der Waals surface area (Å²) in [6, 6.07) is 1.87. The first-order chi connectivity index (χ1) is 7.76. The monoisotopic (exact) mass is 224 g/mol. The van der Waals surface area contributed by atoms with Crippen LogP contribution >= 0.6 is 0 Å². The molecular formula is C11H20N4O. The van der Waals surface area contributed by atoms with E-state index in [4.69, 9.17) is 5.11 Å². The number of aliphatic hydroxyl groups is 1. The van der Waals surface area contributed by atoms with E-state index in [1.54, 1.807) is 0 Å². The van der Waals surface area contributed by atoms with Gasteiger partial charge in [0, 0.05) is 26.3 Å². The molecule has 0 aliphatic rings. The van der Waals surface area contributed by atoms with Crippen molar-refractivity contribution in [3.63, 3.8) is 0 Å². The summed E-state index contributed by atoms with van der Waals surface area (Å²) in [5.41, 5.74) is 0. The molecule has 5 nitrogen and oxygen atoms in total. The maximum Gasteiger partial charge on any atom is 0.131 e. The highest BCUT2D eigenvalue weighted by atomic mass is 16.3. The van der Waals surface area contributed by atoms with Gasteiger partial charge >= 0.3 is 0 Å². The molecule has 0 bridgehead atoms. The van der Waals surface area contributed by atoms with Crippen molar-refractivity contribution >= 4 is 11.6 Å². The van der Waals surface area contributed by atoms with Gasteiger partial charge in [0.1, 0.15) is 18.0 Å². The average Bonchev–Trinajstić information content (AvgIpc) is 2.34. The van der Waals surface area contributed by atoms with E-state index in [2.05, 4.69) is 20.6 Å². The highest BCUT2D eigenvalue weighted by Gasteiger charge is 2.00. The standard InChI is InChI=1S/C11H20N4O/c1-9(7-16)4-3-5-13-11-6-10(12-2)14-8-15-11/h6,8-9,16H,3-5,7H2,1-2H3,(H2,12,13,14,15). The van der Waals surface area contributed by atoms with Crippen molar-refractivity contribution in [2.45, 2.75) is 19.8 Å². The van der Waals surface area contributed by atoms with Gasteiger partial charge in [-0.1, -0.05) is 6.92 Å². The van der Waals surface area contributed by atoms with Gasteiger partial charge in [-0.15, -0.1) is 0 Å². The minimum atomic E-state index is 0.261. The molecule has 1 aromatic heterocycles. The Labute approximate surface area is 96.3 Å². The number of nitrogens with zero attached hydrogens (tertiary/aromatic N) is 2. The van der Waals surface area contributed by atoms with Crippen molar-refractivity contribution in [3.8, 4) is 0 Å². The molecule has 1 heterocycles. The number of aliphatic hydroxyl groups excluding tert-OH is 1. The summed E-state index contributed by atoms with van der Waals surface area (Å²) in [7, 11) is 1.83. The minimum absolute atomic E-state index is 0.261. The van der Waals surface area contributed by atoms with Crippen LogP contribution in [0.15, 0.2) is 12.4 Å². The van der Waals surface area contributed by atoms with Crippen LogP contribution in [0, 0.1) is 5.92 Å². The highest BCUT2D eigenvalue weighted by Crippen LogP contribution is 2.09. The Morgan fingerprint density at radius 3 is 2.81 bits per heavy atom. The van der Waals surface area contributed by atoms with E-state index in [9.17, 15) is 0 Å². The van der Waals surface area contributed by atoms with Crippen molar-refractivity contribution in [3.05, 3.63) is 12.4 Å². The molecule has 5 heteroatoms. The maximum absolute atomic E-state index is 8.87. The van der Waals surface area contributed by atoms with Crippen LogP contribution in [0.25, 0.3) is 0 Å². The van der Waals surface area contributed by atoms with Crippen molar-refractivity contribution in [2.24, 2.45) is 5.92 Å². The fourth-order valence-electron chi connectivity index (χ4n) is 1.35. The second-order valence-corrected chi connectivity index (χ2v) is 3.90. The molecule has 1 atom stereocenters. The number of rotatable bonds is 7. The second-order valence-electron chi connectivity index (χ2n) is 3.90. The van der Waals surface area contributed by atoms with Crippen LogP contribution in [0.1, 0.15) is 19.8 Å². The molecule has 0 amide bonds. The van der Waals surface area contributed by atoms with E-state index in [1.807, 2.05) is 20.0 Å². The third kappa shape index (κ3) is 4.44. The summed E-state index contributed by atoms with van der Waals surface area (Å²) in [5.74, 6) is 2.01. The third-order valence-electron chi connectivity index (χ3n) is 2.41. The summed E-state index contributed by atoms with van der Waals surface area (Å²) in [6.45, 7) is 3.17. The largest absolute Gasteiger partial charge is 0.396 e. The lowest BCUT2D eigenvalue weighted by atomic mass is 10.1. The van der Waals surface area contributed by atoms with E-state index >= 15 is 0 Å². The Bertz CT molecular complexity index is 306. The maximum atomic E-state index is 8.87. The molecule has 0 saturated heterocycles. The van der Waals surface area contributed by atoms with Gasteiger partial charge in [-0.05, 0) is 18.8 Å². The molecule has 0 spiro atoms. The van der Waals surface area contributed by atoms with Crippen LogP contribution < -0.4 is 10.6 Å². The lowest BCUT2D eigenvalue weighted by Gasteiger charge is -2.09. The number of aromatic nitrogens is 2. The van der Waals surface area contributed by atoms with E-state index in [0.717, 1.165) is 31.0 Å². The summed E-state index contributed by atoms with van der Waals surface area (Å²) < 4.78 is 0. The molecule has 1 rings (SSSR count). The molecule has 1 aromatic rings. The average molecular weight is 224 g/mol. The lowest BCUT2D eigenvalue weighted by molar-refractivity contribution is 0.229. The highest BCUT2D eigenvalue weighted by molar-refractivity contribution is 5.45. The van der Waals surface area contributed by atoms with Crippen LogP contribution in [-0.4, -0.2) is 35.3 Å². The quantitative estimate of drug-likeness (QED) is 0.610. The van der Waals surface area contributed by atoms with Gasteiger partial charge in [0.15, 0.2) is 0 Å². The predicted octanol–water partition coefficient (Wildman–Crippen LogP) is 1.34. The van der Waals surface area contributed by atoms with E-state index in [0.29, 0.717) is 5.92 Å². The van der Waals surface area contributed by atoms with Crippen LogP contribution in [-0.2, 0) is 0 Å². The normalized spacial score (nSPS) is 12.2. The first kappa shape index (κ1) is 12.7. The molecule has 0 aliphatic carbocycles. The zero-order valence-corrected chi connectivity index (χ0v) is 9.90. The van der Waals surface area contributed by atoms with Gasteiger partial charge < -0.3 is 15.7 Å². The first-order valence-corrected chi connectivity index (χ1v) is 5.60. The molecule has 0 radical (unpaired) electrons. The molecular weight excluding hydrogens is 204 g/mol. The summed E-state index contributed by atoms with van der Waals surface area (Å²) >= 11 is 0. The van der Waals surface area contributed by atoms with Gasteiger partial charge in [-0.25, -0.2) is 9.97 Å². The van der Waals surface area contributed by atoms with Crippen molar-refractivity contribution in [1.29, 1.82) is 0 Å². The van der Waals surface area contributed by atoms with Gasteiger partial charge in [-0.2, -0.15) is 0 Å². The van der Waals surface area contributed by atoms with Crippen LogP contribution in [0.2, 0.25) is 0 Å². The summed E-state index contributed by atoms with van der Waals surface area (Å²) in [5, 5.41) is 15.1. The molecule has 0 fully saturated rings. The van der Waals surface area contributed by atoms with E-state index < -0.39 is 0 Å². The summed E-state index contributed by atoms with van der Waals surface area (Å²) in [6.07, 6.45) is 3.58. The minimum Gasteiger partial charge on any atom is -0.396 e. The number of hydrogen-bond donors (Lipinski definition) is 3. The summed E-state index contributed by atoms with van der Waals surface area (Å²) in [4.78, 5) is 8.14. The Kier molecular flexibility index (Phi) is 5.56. The molecule has 0 aromatic carbocycles. The predicted molar refractivity (Wildman–Crippen MR) is 65.6 cm³/mol. The Hall–Kier alpha value is -1.36. The molecule has 0 saturated carbocycles. The Balaban J connectivity index is 2.26. The van der Waals surface area contributed by atoms with E-state index in [-0.39, 0.29) is 6.61 Å². The van der Waals surface area contributed by atoms with Gasteiger partial charge in [0.05, 0.1) is 0 Å². The number of nitrogens with one attached hydrogen (secondary N) is 2. The zero-order valence-electron chi connectivity index (χ0n) is 9.90. The number of anilines is 2. The SMILES string of the molecule is CNc1cc(NCCCC(C)CO)ncn1. The van der Waals surface area contributed by atoms with E-state index in [1.165, 1.54) is 6.33 Å². The Morgan fingerprint density at radius 2 is 2.12 bits per heavy atom. The fraction of sp³-hybridized carbons (Fsp3) is 0.636. The fourth-order valence-corrected chi connectivity index (χ4v) is 1.35.